The molecule has 138 valence electrons. The van der Waals surface area contributed by atoms with E-state index in [0.29, 0.717) is 22.7 Å². The van der Waals surface area contributed by atoms with Gasteiger partial charge in [0, 0.05) is 10.4 Å². The van der Waals surface area contributed by atoms with Gasteiger partial charge in [-0.15, -0.1) is 11.3 Å². The summed E-state index contributed by atoms with van der Waals surface area (Å²) in [5.74, 6) is -0.659. The van der Waals surface area contributed by atoms with Crippen molar-refractivity contribution in [2.45, 2.75) is 20.3 Å². The third-order valence-electron chi connectivity index (χ3n) is 4.11. The van der Waals surface area contributed by atoms with Crippen molar-refractivity contribution in [2.75, 3.05) is 11.9 Å². The number of carbonyl (C=O) groups excluding carboxylic acids is 2. The number of esters is 1. The van der Waals surface area contributed by atoms with Gasteiger partial charge in [0.1, 0.15) is 5.00 Å². The maximum atomic E-state index is 12.6. The van der Waals surface area contributed by atoms with Crippen LogP contribution in [-0.2, 0) is 11.2 Å². The highest BCUT2D eigenvalue weighted by Crippen LogP contribution is 2.30. The first-order valence-corrected chi connectivity index (χ1v) is 9.70. The molecule has 1 amide bonds. The molecule has 0 radical (unpaired) electrons. The van der Waals surface area contributed by atoms with Crippen LogP contribution in [0.1, 0.15) is 39.4 Å². The van der Waals surface area contributed by atoms with Gasteiger partial charge in [-0.3, -0.25) is 4.79 Å². The third-order valence-corrected chi connectivity index (χ3v) is 5.30. The maximum Gasteiger partial charge on any atom is 0.341 e. The number of benzene rings is 2. The number of hydrogen-bond acceptors (Lipinski definition) is 4. The highest BCUT2D eigenvalue weighted by molar-refractivity contribution is 7.16. The molecule has 27 heavy (non-hydrogen) atoms. The summed E-state index contributed by atoms with van der Waals surface area (Å²) in [5.41, 5.74) is 3.09. The SMILES string of the molecule is CCOC(=O)c1cc(CC)sc1NC(=O)c1ccc(-c2ccccc2)cc1. The number of ether oxygens (including phenoxy) is 1. The van der Waals surface area contributed by atoms with Gasteiger partial charge in [-0.1, -0.05) is 49.4 Å². The van der Waals surface area contributed by atoms with Gasteiger partial charge in [-0.05, 0) is 42.7 Å². The Morgan fingerprint density at radius 2 is 1.63 bits per heavy atom. The van der Waals surface area contributed by atoms with Crippen LogP contribution >= 0.6 is 11.3 Å². The molecule has 2 aromatic carbocycles. The molecule has 1 aromatic heterocycles. The predicted octanol–water partition coefficient (Wildman–Crippen LogP) is 5.41. The smallest absolute Gasteiger partial charge is 0.341 e. The van der Waals surface area contributed by atoms with Crippen LogP contribution in [0.5, 0.6) is 0 Å². The van der Waals surface area contributed by atoms with Crippen molar-refractivity contribution in [3.63, 3.8) is 0 Å². The molecule has 0 aliphatic carbocycles. The molecule has 4 nitrogen and oxygen atoms in total. The molecular weight excluding hydrogens is 358 g/mol. The summed E-state index contributed by atoms with van der Waals surface area (Å²) in [6, 6.07) is 19.2. The van der Waals surface area contributed by atoms with E-state index in [0.717, 1.165) is 22.4 Å². The van der Waals surface area contributed by atoms with E-state index >= 15 is 0 Å². The first-order chi connectivity index (χ1) is 13.1. The second-order valence-electron chi connectivity index (χ2n) is 5.93. The molecule has 0 aliphatic heterocycles. The number of nitrogens with one attached hydrogen (secondary N) is 1. The lowest BCUT2D eigenvalue weighted by molar-refractivity contribution is 0.0528. The van der Waals surface area contributed by atoms with Crippen LogP contribution in [0.2, 0.25) is 0 Å². The van der Waals surface area contributed by atoms with E-state index in [2.05, 4.69) is 5.32 Å². The molecule has 3 rings (SSSR count). The monoisotopic (exact) mass is 379 g/mol. The first-order valence-electron chi connectivity index (χ1n) is 8.89. The van der Waals surface area contributed by atoms with Gasteiger partial charge in [-0.2, -0.15) is 0 Å². The van der Waals surface area contributed by atoms with Crippen LogP contribution in [0.3, 0.4) is 0 Å². The molecular formula is C22H21NO3S. The molecule has 0 bridgehead atoms. The Labute approximate surface area is 162 Å². The Balaban J connectivity index is 1.79. The fourth-order valence-corrected chi connectivity index (χ4v) is 3.67. The Morgan fingerprint density at radius 3 is 2.26 bits per heavy atom. The zero-order valence-electron chi connectivity index (χ0n) is 15.3. The number of rotatable bonds is 6. The van der Waals surface area contributed by atoms with Gasteiger partial charge >= 0.3 is 5.97 Å². The maximum absolute atomic E-state index is 12.6. The number of thiophene rings is 1. The summed E-state index contributed by atoms with van der Waals surface area (Å²) in [4.78, 5) is 25.8. The van der Waals surface area contributed by atoms with Crippen molar-refractivity contribution < 1.29 is 14.3 Å². The largest absolute Gasteiger partial charge is 0.462 e. The van der Waals surface area contributed by atoms with Gasteiger partial charge in [-0.25, -0.2) is 4.79 Å². The van der Waals surface area contributed by atoms with Crippen molar-refractivity contribution in [2.24, 2.45) is 0 Å². The number of hydrogen-bond donors (Lipinski definition) is 1. The van der Waals surface area contributed by atoms with E-state index in [1.807, 2.05) is 49.4 Å². The minimum Gasteiger partial charge on any atom is -0.462 e. The molecule has 1 heterocycles. The van der Waals surface area contributed by atoms with E-state index < -0.39 is 5.97 Å². The minimum atomic E-state index is -0.414. The fraction of sp³-hybridized carbons (Fsp3) is 0.182. The fourth-order valence-electron chi connectivity index (χ4n) is 2.69. The van der Waals surface area contributed by atoms with Gasteiger partial charge in [0.15, 0.2) is 0 Å². The lowest BCUT2D eigenvalue weighted by atomic mass is 10.0. The van der Waals surface area contributed by atoms with E-state index in [1.54, 1.807) is 25.1 Å². The molecule has 3 aromatic rings. The average molecular weight is 379 g/mol. The molecule has 0 saturated heterocycles. The van der Waals surface area contributed by atoms with Crippen molar-refractivity contribution in [1.29, 1.82) is 0 Å². The summed E-state index contributed by atoms with van der Waals surface area (Å²) in [5, 5.41) is 3.39. The van der Waals surface area contributed by atoms with Gasteiger partial charge in [0.2, 0.25) is 0 Å². The summed E-state index contributed by atoms with van der Waals surface area (Å²) in [6.45, 7) is 4.07. The van der Waals surface area contributed by atoms with Crippen LogP contribution in [-0.4, -0.2) is 18.5 Å². The lowest BCUT2D eigenvalue weighted by Gasteiger charge is -2.07. The highest BCUT2D eigenvalue weighted by Gasteiger charge is 2.19. The standard InChI is InChI=1S/C22H21NO3S/c1-3-18-14-19(22(25)26-4-2)21(27-18)23-20(24)17-12-10-16(11-13-17)15-8-6-5-7-9-15/h5-14H,3-4H2,1-2H3,(H,23,24). The molecule has 0 aliphatic rings. The molecule has 0 saturated carbocycles. The molecule has 0 unspecified atom stereocenters. The molecule has 1 N–H and O–H groups in total. The van der Waals surface area contributed by atoms with Crippen LogP contribution in [0.15, 0.2) is 60.7 Å². The van der Waals surface area contributed by atoms with E-state index in [-0.39, 0.29) is 5.91 Å². The van der Waals surface area contributed by atoms with Crippen molar-refractivity contribution >= 4 is 28.2 Å². The zero-order valence-corrected chi connectivity index (χ0v) is 16.1. The van der Waals surface area contributed by atoms with Gasteiger partial charge in [0.25, 0.3) is 5.91 Å². The van der Waals surface area contributed by atoms with Crippen molar-refractivity contribution in [1.82, 2.24) is 0 Å². The summed E-state index contributed by atoms with van der Waals surface area (Å²) in [7, 11) is 0. The Hall–Kier alpha value is -2.92. The lowest BCUT2D eigenvalue weighted by Crippen LogP contribution is -2.14. The third kappa shape index (κ3) is 4.44. The molecule has 0 spiro atoms. The Morgan fingerprint density at radius 1 is 0.963 bits per heavy atom. The number of aryl methyl sites for hydroxylation is 1. The van der Waals surface area contributed by atoms with E-state index in [9.17, 15) is 9.59 Å². The Bertz CT molecular complexity index is 930. The normalized spacial score (nSPS) is 10.4. The van der Waals surface area contributed by atoms with E-state index in [1.165, 1.54) is 11.3 Å². The Kier molecular flexibility index (Phi) is 6.04. The van der Waals surface area contributed by atoms with Crippen LogP contribution in [0.4, 0.5) is 5.00 Å². The summed E-state index contributed by atoms with van der Waals surface area (Å²) in [6.07, 6.45) is 0.790. The number of anilines is 1. The molecule has 0 fully saturated rings. The average Bonchev–Trinajstić information content (AvgIpc) is 3.12. The zero-order chi connectivity index (χ0) is 19.2. The summed E-state index contributed by atoms with van der Waals surface area (Å²) < 4.78 is 5.09. The minimum absolute atomic E-state index is 0.246. The highest BCUT2D eigenvalue weighted by atomic mass is 32.1. The second-order valence-corrected chi connectivity index (χ2v) is 7.06. The predicted molar refractivity (Wildman–Crippen MR) is 109 cm³/mol. The number of carbonyl (C=O) groups is 2. The summed E-state index contributed by atoms with van der Waals surface area (Å²) >= 11 is 1.40. The van der Waals surface area contributed by atoms with Gasteiger partial charge in [0.05, 0.1) is 12.2 Å². The first kappa shape index (κ1) is 18.9. The van der Waals surface area contributed by atoms with Crippen LogP contribution in [0.25, 0.3) is 11.1 Å². The van der Waals surface area contributed by atoms with Crippen LogP contribution in [0, 0.1) is 0 Å². The molecule has 5 heteroatoms. The second kappa shape index (κ2) is 8.64. The van der Waals surface area contributed by atoms with Gasteiger partial charge < -0.3 is 10.1 Å². The van der Waals surface area contributed by atoms with E-state index in [4.69, 9.17) is 4.74 Å². The van der Waals surface area contributed by atoms with Crippen molar-refractivity contribution in [3.8, 4) is 11.1 Å². The molecule has 0 atom stereocenters. The topological polar surface area (TPSA) is 55.4 Å². The quantitative estimate of drug-likeness (QED) is 0.583. The number of amides is 1. The van der Waals surface area contributed by atoms with Crippen molar-refractivity contribution in [3.05, 3.63) is 76.7 Å². The van der Waals surface area contributed by atoms with Crippen LogP contribution < -0.4 is 5.32 Å².